The van der Waals surface area contributed by atoms with Crippen molar-refractivity contribution >= 4 is 11.9 Å². The van der Waals surface area contributed by atoms with Gasteiger partial charge in [-0.2, -0.15) is 0 Å². The Kier molecular flexibility index (Phi) is 3.92. The number of carbonyl (C=O) groups excluding carboxylic acids is 1. The maximum absolute atomic E-state index is 12.7. The van der Waals surface area contributed by atoms with Gasteiger partial charge in [0, 0.05) is 13.1 Å². The first kappa shape index (κ1) is 14.1. The van der Waals surface area contributed by atoms with Crippen LogP contribution < -0.4 is 5.32 Å². The highest BCUT2D eigenvalue weighted by Gasteiger charge is 2.36. The number of nitrogens with zero attached hydrogens (tertiary/aromatic N) is 1. The molecule has 2 aliphatic heterocycles. The van der Waals surface area contributed by atoms with Crippen molar-refractivity contribution in [3.05, 3.63) is 35.4 Å². The third-order valence-electron chi connectivity index (χ3n) is 4.45. The van der Waals surface area contributed by atoms with Crippen LogP contribution >= 0.6 is 0 Å². The SMILES string of the molecule is O=C(O)C1CCCCN1C(=O)C1Cc2ccccc2CN1. The molecule has 0 radical (unpaired) electrons. The summed E-state index contributed by atoms with van der Waals surface area (Å²) in [6.07, 6.45) is 2.96. The van der Waals surface area contributed by atoms with Crippen LogP contribution in [0.1, 0.15) is 30.4 Å². The van der Waals surface area contributed by atoms with Crippen LogP contribution in [-0.4, -0.2) is 40.5 Å². The normalized spacial score (nSPS) is 25.2. The van der Waals surface area contributed by atoms with Crippen molar-refractivity contribution in [3.8, 4) is 0 Å². The minimum atomic E-state index is -0.890. The zero-order valence-corrected chi connectivity index (χ0v) is 11.9. The van der Waals surface area contributed by atoms with Crippen LogP contribution in [0.15, 0.2) is 24.3 Å². The van der Waals surface area contributed by atoms with E-state index in [0.717, 1.165) is 12.8 Å². The van der Waals surface area contributed by atoms with Crippen LogP contribution in [0.3, 0.4) is 0 Å². The third kappa shape index (κ3) is 2.78. The molecule has 0 aliphatic carbocycles. The molecule has 1 amide bonds. The largest absolute Gasteiger partial charge is 0.480 e. The minimum absolute atomic E-state index is 0.0726. The molecule has 112 valence electrons. The molecular weight excluding hydrogens is 268 g/mol. The van der Waals surface area contributed by atoms with E-state index in [2.05, 4.69) is 11.4 Å². The van der Waals surface area contributed by atoms with Gasteiger partial charge in [-0.25, -0.2) is 4.79 Å². The van der Waals surface area contributed by atoms with Crippen molar-refractivity contribution < 1.29 is 14.7 Å². The molecule has 2 atom stereocenters. The average molecular weight is 288 g/mol. The second kappa shape index (κ2) is 5.85. The molecule has 3 rings (SSSR count). The average Bonchev–Trinajstić information content (AvgIpc) is 2.53. The Bertz CT molecular complexity index is 558. The molecular formula is C16H20N2O3. The number of hydrogen-bond donors (Lipinski definition) is 2. The molecule has 2 heterocycles. The summed E-state index contributed by atoms with van der Waals surface area (Å²) in [5.41, 5.74) is 2.40. The summed E-state index contributed by atoms with van der Waals surface area (Å²) in [7, 11) is 0. The lowest BCUT2D eigenvalue weighted by Crippen LogP contribution is -2.56. The number of carboxylic acids is 1. The van der Waals surface area contributed by atoms with Crippen LogP contribution in [0.5, 0.6) is 0 Å². The fourth-order valence-electron chi connectivity index (χ4n) is 3.28. The van der Waals surface area contributed by atoms with E-state index in [1.54, 1.807) is 4.90 Å². The molecule has 21 heavy (non-hydrogen) atoms. The van der Waals surface area contributed by atoms with Crippen molar-refractivity contribution in [1.29, 1.82) is 0 Å². The minimum Gasteiger partial charge on any atom is -0.480 e. The van der Waals surface area contributed by atoms with E-state index >= 15 is 0 Å². The van der Waals surface area contributed by atoms with Gasteiger partial charge in [0.15, 0.2) is 0 Å². The predicted molar refractivity (Wildman–Crippen MR) is 77.8 cm³/mol. The monoisotopic (exact) mass is 288 g/mol. The van der Waals surface area contributed by atoms with Gasteiger partial charge in [0.1, 0.15) is 6.04 Å². The van der Waals surface area contributed by atoms with Gasteiger partial charge in [-0.1, -0.05) is 24.3 Å². The van der Waals surface area contributed by atoms with E-state index in [4.69, 9.17) is 0 Å². The van der Waals surface area contributed by atoms with Crippen molar-refractivity contribution in [2.24, 2.45) is 0 Å². The van der Waals surface area contributed by atoms with E-state index in [-0.39, 0.29) is 11.9 Å². The van der Waals surface area contributed by atoms with E-state index in [0.29, 0.717) is 25.9 Å². The fraction of sp³-hybridized carbons (Fsp3) is 0.500. The number of benzene rings is 1. The maximum atomic E-state index is 12.7. The molecule has 1 aromatic rings. The molecule has 1 saturated heterocycles. The Hall–Kier alpha value is -1.88. The number of amides is 1. The van der Waals surface area contributed by atoms with Crippen LogP contribution in [0.2, 0.25) is 0 Å². The third-order valence-corrected chi connectivity index (χ3v) is 4.45. The summed E-state index contributed by atoms with van der Waals surface area (Å²) in [4.78, 5) is 25.6. The van der Waals surface area contributed by atoms with Gasteiger partial charge in [-0.3, -0.25) is 4.79 Å². The maximum Gasteiger partial charge on any atom is 0.326 e. The standard InChI is InChI=1S/C16H20N2O3/c19-15(18-8-4-3-7-14(18)16(20)21)13-9-11-5-1-2-6-12(11)10-17-13/h1-2,5-6,13-14,17H,3-4,7-10H2,(H,20,21). The molecule has 5 nitrogen and oxygen atoms in total. The highest BCUT2D eigenvalue weighted by atomic mass is 16.4. The summed E-state index contributed by atoms with van der Waals surface area (Å²) >= 11 is 0. The predicted octanol–water partition coefficient (Wildman–Crippen LogP) is 1.17. The molecule has 1 aromatic carbocycles. The lowest BCUT2D eigenvalue weighted by molar-refractivity contribution is -0.153. The fourth-order valence-corrected chi connectivity index (χ4v) is 3.28. The number of nitrogens with one attached hydrogen (secondary N) is 1. The summed E-state index contributed by atoms with van der Waals surface area (Å²) in [6, 6.07) is 7.11. The number of fused-ring (bicyclic) bond motifs is 1. The lowest BCUT2D eigenvalue weighted by atomic mass is 9.93. The molecule has 1 fully saturated rings. The Morgan fingerprint density at radius 1 is 1.19 bits per heavy atom. The lowest BCUT2D eigenvalue weighted by Gasteiger charge is -2.37. The topological polar surface area (TPSA) is 69.6 Å². The Labute approximate surface area is 123 Å². The highest BCUT2D eigenvalue weighted by Crippen LogP contribution is 2.22. The Morgan fingerprint density at radius 2 is 1.95 bits per heavy atom. The van der Waals surface area contributed by atoms with E-state index in [1.165, 1.54) is 11.1 Å². The van der Waals surface area contributed by atoms with Crippen molar-refractivity contribution in [1.82, 2.24) is 10.2 Å². The second-order valence-electron chi connectivity index (χ2n) is 5.79. The molecule has 0 spiro atoms. The van der Waals surface area contributed by atoms with E-state index in [9.17, 15) is 14.7 Å². The molecule has 2 aliphatic rings. The van der Waals surface area contributed by atoms with Gasteiger partial charge < -0.3 is 15.3 Å². The van der Waals surface area contributed by atoms with Crippen molar-refractivity contribution in [3.63, 3.8) is 0 Å². The van der Waals surface area contributed by atoms with Gasteiger partial charge in [0.05, 0.1) is 6.04 Å². The molecule has 2 unspecified atom stereocenters. The number of carbonyl (C=O) groups is 2. The number of aliphatic carboxylic acids is 1. The highest BCUT2D eigenvalue weighted by molar-refractivity contribution is 5.87. The van der Waals surface area contributed by atoms with Gasteiger partial charge in [0.25, 0.3) is 0 Å². The summed E-state index contributed by atoms with van der Waals surface area (Å²) in [5, 5.41) is 12.5. The number of piperidine rings is 1. The van der Waals surface area contributed by atoms with Gasteiger partial charge in [0.2, 0.25) is 5.91 Å². The molecule has 0 aromatic heterocycles. The Balaban J connectivity index is 1.75. The number of likely N-dealkylation sites (tertiary alicyclic amines) is 1. The summed E-state index contributed by atoms with van der Waals surface area (Å²) in [5.74, 6) is -0.962. The summed E-state index contributed by atoms with van der Waals surface area (Å²) < 4.78 is 0. The van der Waals surface area contributed by atoms with E-state index in [1.807, 2.05) is 18.2 Å². The van der Waals surface area contributed by atoms with Gasteiger partial charge in [-0.05, 0) is 36.8 Å². The van der Waals surface area contributed by atoms with Crippen LogP contribution in [-0.2, 0) is 22.6 Å². The zero-order valence-electron chi connectivity index (χ0n) is 11.9. The molecule has 0 saturated carbocycles. The number of hydrogen-bond acceptors (Lipinski definition) is 3. The van der Waals surface area contributed by atoms with E-state index < -0.39 is 12.0 Å². The number of rotatable bonds is 2. The second-order valence-corrected chi connectivity index (χ2v) is 5.79. The summed E-state index contributed by atoms with van der Waals surface area (Å²) in [6.45, 7) is 1.22. The molecule has 0 bridgehead atoms. The first-order chi connectivity index (χ1) is 10.2. The van der Waals surface area contributed by atoms with Crippen molar-refractivity contribution in [2.75, 3.05) is 6.54 Å². The van der Waals surface area contributed by atoms with Crippen molar-refractivity contribution in [2.45, 2.75) is 44.3 Å². The van der Waals surface area contributed by atoms with Crippen LogP contribution in [0.4, 0.5) is 0 Å². The quantitative estimate of drug-likeness (QED) is 0.857. The van der Waals surface area contributed by atoms with Gasteiger partial charge in [-0.15, -0.1) is 0 Å². The number of carboxylic acid groups (broad SMARTS) is 1. The first-order valence-electron chi connectivity index (χ1n) is 7.50. The molecule has 5 heteroatoms. The van der Waals surface area contributed by atoms with Crippen LogP contribution in [0.25, 0.3) is 0 Å². The molecule has 2 N–H and O–H groups in total. The smallest absolute Gasteiger partial charge is 0.326 e. The Morgan fingerprint density at radius 3 is 2.71 bits per heavy atom. The first-order valence-corrected chi connectivity index (χ1v) is 7.50. The van der Waals surface area contributed by atoms with Crippen LogP contribution in [0, 0.1) is 0 Å². The zero-order chi connectivity index (χ0) is 14.8. The van der Waals surface area contributed by atoms with Gasteiger partial charge >= 0.3 is 5.97 Å².